The number of phosphoric acid groups is 1. The molecule has 1 amide bonds. The van der Waals surface area contributed by atoms with Crippen molar-refractivity contribution in [3.05, 3.63) is 48.6 Å². The van der Waals surface area contributed by atoms with Crippen LogP contribution in [0.25, 0.3) is 0 Å². The van der Waals surface area contributed by atoms with Crippen LogP contribution in [0.5, 0.6) is 0 Å². The fraction of sp³-hybridized carbons (Fsp3) is 0.827. The molecule has 0 fully saturated rings. The molecule has 0 saturated carbocycles. The molecule has 0 aromatic heterocycles. The molecule has 0 aromatic carbocycles. The number of carbonyl (C=O) groups excluding carboxylic acids is 1. The number of phosphoric ester groups is 1. The van der Waals surface area contributed by atoms with E-state index in [1.807, 2.05) is 27.2 Å². The van der Waals surface area contributed by atoms with Gasteiger partial charge in [0.25, 0.3) is 0 Å². The van der Waals surface area contributed by atoms with E-state index in [2.05, 4.69) is 55.6 Å². The van der Waals surface area contributed by atoms with Crippen LogP contribution >= 0.6 is 7.82 Å². The predicted molar refractivity (Wildman–Crippen MR) is 263 cm³/mol. The SMILES string of the molecule is CCCCC/C=C\C/C=C\CCCCCCCC(=O)NC(COP(=O)(O)OCC[N+](C)(C)C)C(O)/C=C/CC/C=C/CCCCCCCCCCCCCCCCCCCC. The molecule has 3 unspecified atom stereocenters. The molecule has 0 saturated heterocycles. The summed E-state index contributed by atoms with van der Waals surface area (Å²) in [6, 6.07) is -0.871. The van der Waals surface area contributed by atoms with E-state index in [4.69, 9.17) is 9.05 Å². The molecule has 0 spiro atoms. The molecule has 0 aromatic rings. The summed E-state index contributed by atoms with van der Waals surface area (Å²) in [5, 5.41) is 13.8. The summed E-state index contributed by atoms with van der Waals surface area (Å²) < 4.78 is 23.6. The first-order valence-electron chi connectivity index (χ1n) is 25.5. The minimum absolute atomic E-state index is 0.0522. The third kappa shape index (κ3) is 46.3. The maximum Gasteiger partial charge on any atom is 0.472 e. The Morgan fingerprint density at radius 2 is 0.951 bits per heavy atom. The van der Waals surface area contributed by atoms with Crippen molar-refractivity contribution in [3.8, 4) is 0 Å². The molecule has 61 heavy (non-hydrogen) atoms. The van der Waals surface area contributed by atoms with Gasteiger partial charge in [0, 0.05) is 6.42 Å². The number of aliphatic hydroxyl groups excluding tert-OH is 1. The number of hydrogen-bond acceptors (Lipinski definition) is 5. The van der Waals surface area contributed by atoms with Crippen molar-refractivity contribution in [2.75, 3.05) is 40.9 Å². The third-order valence-corrected chi connectivity index (χ3v) is 12.3. The second-order valence-corrected chi connectivity index (χ2v) is 20.0. The van der Waals surface area contributed by atoms with Crippen molar-refractivity contribution in [2.24, 2.45) is 0 Å². The number of allylic oxidation sites excluding steroid dienone is 7. The van der Waals surface area contributed by atoms with Gasteiger partial charge in [-0.3, -0.25) is 13.8 Å². The van der Waals surface area contributed by atoms with Crippen molar-refractivity contribution in [2.45, 2.75) is 238 Å². The Labute approximate surface area is 378 Å². The third-order valence-electron chi connectivity index (χ3n) is 11.3. The summed E-state index contributed by atoms with van der Waals surface area (Å²) >= 11 is 0. The van der Waals surface area contributed by atoms with E-state index >= 15 is 0 Å². The first kappa shape index (κ1) is 59.5. The molecule has 0 aliphatic carbocycles. The van der Waals surface area contributed by atoms with E-state index in [1.54, 1.807) is 6.08 Å². The van der Waals surface area contributed by atoms with Gasteiger partial charge in [-0.15, -0.1) is 0 Å². The summed E-state index contributed by atoms with van der Waals surface area (Å²) in [4.78, 5) is 23.2. The second-order valence-electron chi connectivity index (χ2n) is 18.5. The molecule has 0 bridgehead atoms. The average Bonchev–Trinajstić information content (AvgIpc) is 3.21. The molecule has 0 rings (SSSR count). The van der Waals surface area contributed by atoms with E-state index in [-0.39, 0.29) is 19.1 Å². The van der Waals surface area contributed by atoms with Crippen LogP contribution in [0.3, 0.4) is 0 Å². The van der Waals surface area contributed by atoms with Crippen LogP contribution < -0.4 is 5.32 Å². The Kier molecular flexibility index (Phi) is 42.6. The highest BCUT2D eigenvalue weighted by molar-refractivity contribution is 7.47. The first-order valence-corrected chi connectivity index (χ1v) is 27.0. The van der Waals surface area contributed by atoms with Gasteiger partial charge in [-0.05, 0) is 64.2 Å². The number of nitrogens with one attached hydrogen (secondary N) is 1. The molecule has 0 aliphatic rings. The average molecular weight is 880 g/mol. The normalized spacial score (nSPS) is 14.5. The lowest BCUT2D eigenvalue weighted by molar-refractivity contribution is -0.870. The van der Waals surface area contributed by atoms with Crippen LogP contribution in [0.2, 0.25) is 0 Å². The van der Waals surface area contributed by atoms with Crippen molar-refractivity contribution in [1.29, 1.82) is 0 Å². The summed E-state index contributed by atoms with van der Waals surface area (Å²) in [5.41, 5.74) is 0. The zero-order chi connectivity index (χ0) is 45.0. The number of quaternary nitrogens is 1. The molecule has 0 radical (unpaired) electrons. The topological polar surface area (TPSA) is 105 Å². The maximum absolute atomic E-state index is 12.9. The molecule has 0 aliphatic heterocycles. The standard InChI is InChI=1S/C52H99N2O6P/c1-6-8-10-12-14-16-18-20-22-23-24-25-26-27-28-29-30-32-33-35-37-39-41-43-45-51(55)50(49-60-61(57,58)59-48-47-54(3,4)5)53-52(56)46-44-42-40-38-36-34-31-21-19-17-15-13-11-9-7-2/h15,17,21,31,35,37,43,45,50-51,55H,6-14,16,18-20,22-30,32-34,36,38-42,44,46-49H2,1-5H3,(H-,53,56,57,58)/p+1/b17-15-,31-21-,37-35+,45-43+. The number of rotatable bonds is 46. The van der Waals surface area contributed by atoms with Crippen molar-refractivity contribution in [3.63, 3.8) is 0 Å². The quantitative estimate of drug-likeness (QED) is 0.0243. The fourth-order valence-corrected chi connectivity index (χ4v) is 7.94. The Morgan fingerprint density at radius 3 is 1.44 bits per heavy atom. The number of amides is 1. The van der Waals surface area contributed by atoms with Gasteiger partial charge >= 0.3 is 7.82 Å². The smallest absolute Gasteiger partial charge is 0.387 e. The van der Waals surface area contributed by atoms with Crippen LogP contribution in [0.15, 0.2) is 48.6 Å². The lowest BCUT2D eigenvalue weighted by Gasteiger charge is -2.25. The van der Waals surface area contributed by atoms with Gasteiger partial charge in [0.2, 0.25) is 5.91 Å². The molecule has 3 N–H and O–H groups in total. The van der Waals surface area contributed by atoms with Crippen molar-refractivity contribution < 1.29 is 32.9 Å². The Hall–Kier alpha value is -1.54. The first-order chi connectivity index (χ1) is 29.5. The number of hydrogen-bond donors (Lipinski definition) is 3. The molecule has 358 valence electrons. The Balaban J connectivity index is 4.34. The van der Waals surface area contributed by atoms with Crippen molar-refractivity contribution >= 4 is 13.7 Å². The van der Waals surface area contributed by atoms with Gasteiger partial charge in [-0.1, -0.05) is 204 Å². The summed E-state index contributed by atoms with van der Waals surface area (Å²) in [7, 11) is 1.54. The Morgan fingerprint density at radius 1 is 0.557 bits per heavy atom. The number of likely N-dealkylation sites (N-methyl/N-ethyl adjacent to an activating group) is 1. The monoisotopic (exact) mass is 880 g/mol. The second kappa shape index (κ2) is 43.7. The highest BCUT2D eigenvalue weighted by Crippen LogP contribution is 2.43. The number of nitrogens with zero attached hydrogens (tertiary/aromatic N) is 1. The van der Waals surface area contributed by atoms with Gasteiger partial charge in [0.05, 0.1) is 39.9 Å². The van der Waals surface area contributed by atoms with E-state index in [9.17, 15) is 19.4 Å². The largest absolute Gasteiger partial charge is 0.472 e. The highest BCUT2D eigenvalue weighted by atomic mass is 31.2. The van der Waals surface area contributed by atoms with Gasteiger partial charge in [-0.2, -0.15) is 0 Å². The van der Waals surface area contributed by atoms with Crippen LogP contribution in [0, 0.1) is 0 Å². The van der Waals surface area contributed by atoms with E-state index in [0.29, 0.717) is 17.4 Å². The lowest BCUT2D eigenvalue weighted by atomic mass is 10.0. The summed E-state index contributed by atoms with van der Waals surface area (Å²) in [5.74, 6) is -0.201. The minimum Gasteiger partial charge on any atom is -0.387 e. The molecule has 8 nitrogen and oxygen atoms in total. The van der Waals surface area contributed by atoms with E-state index in [1.165, 1.54) is 141 Å². The highest BCUT2D eigenvalue weighted by Gasteiger charge is 2.27. The van der Waals surface area contributed by atoms with Gasteiger partial charge in [0.15, 0.2) is 0 Å². The minimum atomic E-state index is -4.35. The molecule has 0 heterocycles. The van der Waals surface area contributed by atoms with Crippen LogP contribution in [0.1, 0.15) is 226 Å². The maximum atomic E-state index is 12.9. The van der Waals surface area contributed by atoms with Crippen molar-refractivity contribution in [1.82, 2.24) is 5.32 Å². The van der Waals surface area contributed by atoms with E-state index in [0.717, 1.165) is 64.2 Å². The van der Waals surface area contributed by atoms with Gasteiger partial charge in [0.1, 0.15) is 13.2 Å². The van der Waals surface area contributed by atoms with Crippen LogP contribution in [-0.2, 0) is 18.4 Å². The zero-order valence-electron chi connectivity index (χ0n) is 40.7. The Bertz CT molecular complexity index is 1130. The molecule has 9 heteroatoms. The van der Waals surface area contributed by atoms with Crippen LogP contribution in [0.4, 0.5) is 0 Å². The molecular formula is C52H100N2O6P+. The lowest BCUT2D eigenvalue weighted by Crippen LogP contribution is -2.45. The molecule has 3 atom stereocenters. The zero-order valence-corrected chi connectivity index (χ0v) is 41.5. The number of carbonyl (C=O) groups is 1. The number of unbranched alkanes of at least 4 members (excludes halogenated alkanes) is 27. The number of aliphatic hydroxyl groups is 1. The summed E-state index contributed by atoms with van der Waals surface area (Å²) in [6.07, 6.45) is 56.3. The van der Waals surface area contributed by atoms with E-state index < -0.39 is 20.0 Å². The van der Waals surface area contributed by atoms with Gasteiger partial charge in [-0.25, -0.2) is 4.57 Å². The summed E-state index contributed by atoms with van der Waals surface area (Å²) in [6.45, 7) is 4.76. The van der Waals surface area contributed by atoms with Crippen LogP contribution in [-0.4, -0.2) is 73.4 Å². The molecular weight excluding hydrogens is 780 g/mol. The predicted octanol–water partition coefficient (Wildman–Crippen LogP) is 14.8. The van der Waals surface area contributed by atoms with Gasteiger partial charge < -0.3 is 19.8 Å². The fourth-order valence-electron chi connectivity index (χ4n) is 7.21.